The van der Waals surface area contributed by atoms with Crippen molar-refractivity contribution >= 4 is 22.6 Å². The Balaban J connectivity index is 1.84. The van der Waals surface area contributed by atoms with Gasteiger partial charge in [-0.2, -0.15) is 0 Å². The molecule has 0 radical (unpaired) electrons. The molecule has 0 unspecified atom stereocenters. The van der Waals surface area contributed by atoms with E-state index in [0.29, 0.717) is 5.92 Å². The summed E-state index contributed by atoms with van der Waals surface area (Å²) in [6.45, 7) is 8.16. The average molecular weight is 369 g/mol. The fourth-order valence-corrected chi connectivity index (χ4v) is 3.25. The van der Waals surface area contributed by atoms with Gasteiger partial charge in [0.05, 0.1) is 6.42 Å². The van der Waals surface area contributed by atoms with Crippen LogP contribution in [-0.2, 0) is 16.0 Å². The molecule has 4 heteroatoms. The van der Waals surface area contributed by atoms with Gasteiger partial charge in [0.2, 0.25) is 11.8 Å². The van der Waals surface area contributed by atoms with Crippen LogP contribution in [0.15, 0.2) is 42.5 Å². The van der Waals surface area contributed by atoms with Gasteiger partial charge in [0.1, 0.15) is 6.04 Å². The average Bonchev–Trinajstić information content (AvgIpc) is 2.61. The summed E-state index contributed by atoms with van der Waals surface area (Å²) in [6.07, 6.45) is 3.49. The van der Waals surface area contributed by atoms with Gasteiger partial charge < -0.3 is 10.6 Å². The molecule has 0 aromatic heterocycles. The molecule has 2 aromatic carbocycles. The molecular weight excluding hydrogens is 336 g/mol. The molecule has 0 aliphatic carbocycles. The Kier molecular flexibility index (Phi) is 7.83. The molecule has 2 atom stereocenters. The molecule has 0 aliphatic heterocycles. The molecule has 0 saturated carbocycles. The molecule has 4 nitrogen and oxygen atoms in total. The summed E-state index contributed by atoms with van der Waals surface area (Å²) in [6, 6.07) is 13.5. The summed E-state index contributed by atoms with van der Waals surface area (Å²) in [5, 5.41) is 8.01. The minimum atomic E-state index is -0.542. The van der Waals surface area contributed by atoms with Crippen LogP contribution in [-0.4, -0.2) is 23.9 Å². The van der Waals surface area contributed by atoms with E-state index in [1.807, 2.05) is 49.4 Å². The van der Waals surface area contributed by atoms with Gasteiger partial charge in [0, 0.05) is 6.04 Å². The summed E-state index contributed by atoms with van der Waals surface area (Å²) in [5.41, 5.74) is 0.972. The largest absolute Gasteiger partial charge is 0.352 e. The van der Waals surface area contributed by atoms with E-state index in [2.05, 4.69) is 24.5 Å². The summed E-state index contributed by atoms with van der Waals surface area (Å²) in [4.78, 5) is 24.7. The number of benzene rings is 2. The second-order valence-corrected chi connectivity index (χ2v) is 7.84. The fraction of sp³-hybridized carbons (Fsp3) is 0.478. The highest BCUT2D eigenvalue weighted by Gasteiger charge is 2.18. The van der Waals surface area contributed by atoms with Crippen molar-refractivity contribution in [2.75, 3.05) is 0 Å². The minimum absolute atomic E-state index is 0.119. The molecule has 2 aromatic rings. The Morgan fingerprint density at radius 1 is 0.889 bits per heavy atom. The van der Waals surface area contributed by atoms with Crippen LogP contribution < -0.4 is 10.6 Å². The van der Waals surface area contributed by atoms with Crippen molar-refractivity contribution < 1.29 is 9.59 Å². The monoisotopic (exact) mass is 368 g/mol. The highest BCUT2D eigenvalue weighted by molar-refractivity contribution is 5.92. The van der Waals surface area contributed by atoms with Crippen LogP contribution in [0.2, 0.25) is 0 Å². The third-order valence-corrected chi connectivity index (χ3v) is 4.81. The lowest BCUT2D eigenvalue weighted by Gasteiger charge is -2.19. The van der Waals surface area contributed by atoms with E-state index < -0.39 is 6.04 Å². The molecule has 0 heterocycles. The highest BCUT2D eigenvalue weighted by atomic mass is 16.2. The molecule has 2 N–H and O–H groups in total. The van der Waals surface area contributed by atoms with Crippen molar-refractivity contribution in [3.05, 3.63) is 48.0 Å². The molecule has 2 rings (SSSR count). The molecule has 0 saturated heterocycles. The zero-order chi connectivity index (χ0) is 19.8. The van der Waals surface area contributed by atoms with E-state index in [-0.39, 0.29) is 24.3 Å². The Morgan fingerprint density at radius 3 is 2.33 bits per heavy atom. The van der Waals surface area contributed by atoms with Crippen molar-refractivity contribution in [3.8, 4) is 0 Å². The summed E-state index contributed by atoms with van der Waals surface area (Å²) >= 11 is 0. The lowest BCUT2D eigenvalue weighted by Crippen LogP contribution is -2.47. The van der Waals surface area contributed by atoms with Crippen molar-refractivity contribution in [3.63, 3.8) is 0 Å². The molecule has 2 amide bonds. The van der Waals surface area contributed by atoms with Gasteiger partial charge in [0.15, 0.2) is 0 Å². The maximum Gasteiger partial charge on any atom is 0.242 e. The van der Waals surface area contributed by atoms with Gasteiger partial charge in [0.25, 0.3) is 0 Å². The number of hydrogen-bond donors (Lipinski definition) is 2. The maximum absolute atomic E-state index is 12.4. The lowest BCUT2D eigenvalue weighted by atomic mass is 10.0. The van der Waals surface area contributed by atoms with Crippen molar-refractivity contribution in [2.24, 2.45) is 5.92 Å². The lowest BCUT2D eigenvalue weighted by molar-refractivity contribution is -0.128. The van der Waals surface area contributed by atoms with E-state index in [9.17, 15) is 9.59 Å². The molecular formula is C23H32N2O2. The molecule has 146 valence electrons. The predicted octanol–water partition coefficient (Wildman–Crippen LogP) is 4.22. The molecule has 0 spiro atoms. The number of amides is 2. The summed E-state index contributed by atoms with van der Waals surface area (Å²) < 4.78 is 0. The van der Waals surface area contributed by atoms with Crippen molar-refractivity contribution in [1.82, 2.24) is 10.6 Å². The fourth-order valence-electron chi connectivity index (χ4n) is 3.25. The SMILES string of the molecule is CC(C)CCC[C@H](C)NC(=O)[C@@H](C)NC(=O)Cc1cccc2ccccc12. The van der Waals surface area contributed by atoms with Crippen LogP contribution >= 0.6 is 0 Å². The Labute approximate surface area is 162 Å². The van der Waals surface area contributed by atoms with Crippen LogP contribution in [0.3, 0.4) is 0 Å². The van der Waals surface area contributed by atoms with E-state index in [0.717, 1.165) is 35.6 Å². The normalized spacial score (nSPS) is 13.4. The van der Waals surface area contributed by atoms with Gasteiger partial charge >= 0.3 is 0 Å². The maximum atomic E-state index is 12.4. The molecule has 0 bridgehead atoms. The number of carbonyl (C=O) groups excluding carboxylic acids is 2. The third-order valence-electron chi connectivity index (χ3n) is 4.81. The smallest absolute Gasteiger partial charge is 0.242 e. The Bertz CT molecular complexity index is 765. The molecule has 27 heavy (non-hydrogen) atoms. The number of rotatable bonds is 9. The van der Waals surface area contributed by atoms with Gasteiger partial charge in [-0.25, -0.2) is 0 Å². The van der Waals surface area contributed by atoms with Crippen LogP contribution in [0.1, 0.15) is 52.5 Å². The quantitative estimate of drug-likeness (QED) is 0.696. The first-order valence-corrected chi connectivity index (χ1v) is 9.93. The van der Waals surface area contributed by atoms with Crippen LogP contribution in [0.5, 0.6) is 0 Å². The van der Waals surface area contributed by atoms with Gasteiger partial charge in [-0.15, -0.1) is 0 Å². The first-order chi connectivity index (χ1) is 12.9. The highest BCUT2D eigenvalue weighted by Crippen LogP contribution is 2.18. The minimum Gasteiger partial charge on any atom is -0.352 e. The van der Waals surface area contributed by atoms with E-state index in [1.165, 1.54) is 0 Å². The summed E-state index contributed by atoms with van der Waals surface area (Å²) in [5.74, 6) is 0.417. The van der Waals surface area contributed by atoms with Gasteiger partial charge in [-0.3, -0.25) is 9.59 Å². The van der Waals surface area contributed by atoms with Gasteiger partial charge in [-0.1, -0.05) is 69.2 Å². The number of fused-ring (bicyclic) bond motifs is 1. The second kappa shape index (κ2) is 10.1. The topological polar surface area (TPSA) is 58.2 Å². The van der Waals surface area contributed by atoms with E-state index in [1.54, 1.807) is 6.92 Å². The number of hydrogen-bond acceptors (Lipinski definition) is 2. The van der Waals surface area contributed by atoms with E-state index in [4.69, 9.17) is 0 Å². The Morgan fingerprint density at radius 2 is 1.59 bits per heavy atom. The third kappa shape index (κ3) is 6.70. The van der Waals surface area contributed by atoms with Crippen LogP contribution in [0, 0.1) is 5.92 Å². The van der Waals surface area contributed by atoms with Crippen LogP contribution in [0.25, 0.3) is 10.8 Å². The standard InChI is InChI=1S/C23H32N2O2/c1-16(2)9-7-10-17(3)24-23(27)18(4)25-22(26)15-20-13-8-12-19-11-5-6-14-21(19)20/h5-6,8,11-14,16-18H,7,9-10,15H2,1-4H3,(H,24,27)(H,25,26)/t17-,18+/m0/s1. The van der Waals surface area contributed by atoms with Gasteiger partial charge in [-0.05, 0) is 42.5 Å². The zero-order valence-corrected chi connectivity index (χ0v) is 16.9. The molecule has 0 fully saturated rings. The summed E-state index contributed by atoms with van der Waals surface area (Å²) in [7, 11) is 0. The van der Waals surface area contributed by atoms with Crippen molar-refractivity contribution in [1.29, 1.82) is 0 Å². The zero-order valence-electron chi connectivity index (χ0n) is 16.9. The van der Waals surface area contributed by atoms with Crippen molar-refractivity contribution in [2.45, 2.75) is 65.5 Å². The molecule has 0 aliphatic rings. The number of nitrogens with one attached hydrogen (secondary N) is 2. The van der Waals surface area contributed by atoms with E-state index >= 15 is 0 Å². The Hall–Kier alpha value is -2.36. The first kappa shape index (κ1) is 20.9. The first-order valence-electron chi connectivity index (χ1n) is 9.93. The van der Waals surface area contributed by atoms with Crippen LogP contribution in [0.4, 0.5) is 0 Å². The predicted molar refractivity (Wildman–Crippen MR) is 112 cm³/mol. The second-order valence-electron chi connectivity index (χ2n) is 7.84. The number of carbonyl (C=O) groups is 2.